The predicted molar refractivity (Wildman–Crippen MR) is 155 cm³/mol. The molecule has 0 radical (unpaired) electrons. The predicted octanol–water partition coefficient (Wildman–Crippen LogP) is 5.89. The van der Waals surface area contributed by atoms with Crippen LogP contribution in [0.2, 0.25) is 0 Å². The van der Waals surface area contributed by atoms with Crippen LogP contribution in [0, 0.1) is 18.8 Å². The van der Waals surface area contributed by atoms with Gasteiger partial charge in [0.25, 0.3) is 0 Å². The summed E-state index contributed by atoms with van der Waals surface area (Å²) in [5.74, 6) is 2.06. The van der Waals surface area contributed by atoms with Gasteiger partial charge in [-0.05, 0) is 67.5 Å². The van der Waals surface area contributed by atoms with Crippen LogP contribution in [0.5, 0.6) is 5.75 Å². The van der Waals surface area contributed by atoms with Crippen LogP contribution >= 0.6 is 13.5 Å². The number of likely N-dealkylation sites (tertiary alicyclic amines) is 1. The maximum Gasteiger partial charge on any atom is 0.332 e. The molecule has 1 N–H and O–H groups in total. The third-order valence-electron chi connectivity index (χ3n) is 7.69. The summed E-state index contributed by atoms with van der Waals surface area (Å²) in [6, 6.07) is 17.0. The van der Waals surface area contributed by atoms with Crippen molar-refractivity contribution in [3.63, 3.8) is 0 Å². The lowest BCUT2D eigenvalue weighted by molar-refractivity contribution is -0.136. The number of carboxylic acids is 1. The molecule has 1 saturated carbocycles. The zero-order valence-corrected chi connectivity index (χ0v) is 23.3. The molecule has 3 aromatic rings. The fraction of sp³-hybridized carbons (Fsp3) is 0.387. The summed E-state index contributed by atoms with van der Waals surface area (Å²) in [6.07, 6.45) is 6.92. The lowest BCUT2D eigenvalue weighted by Crippen LogP contribution is -2.29. The van der Waals surface area contributed by atoms with Gasteiger partial charge in [0.1, 0.15) is 11.5 Å². The van der Waals surface area contributed by atoms with Gasteiger partial charge in [0, 0.05) is 30.6 Å². The highest BCUT2D eigenvalue weighted by Gasteiger charge is 2.36. The van der Waals surface area contributed by atoms with E-state index in [1.165, 1.54) is 25.7 Å². The number of carboxylic acid groups (broad SMARTS) is 1. The van der Waals surface area contributed by atoms with Gasteiger partial charge < -0.3 is 19.2 Å². The van der Waals surface area contributed by atoms with Crippen LogP contribution in [0.1, 0.15) is 49.1 Å². The van der Waals surface area contributed by atoms with Crippen molar-refractivity contribution < 1.29 is 23.8 Å². The Bertz CT molecular complexity index is 1290. The van der Waals surface area contributed by atoms with Crippen molar-refractivity contribution in [2.24, 2.45) is 11.8 Å². The monoisotopic (exact) mass is 548 g/mol. The lowest BCUT2D eigenvalue weighted by Gasteiger charge is -2.22. The number of carbonyl (C=O) groups excluding carboxylic acids is 1. The van der Waals surface area contributed by atoms with E-state index in [0.29, 0.717) is 36.5 Å². The van der Waals surface area contributed by atoms with Gasteiger partial charge in [0.2, 0.25) is 11.8 Å². The summed E-state index contributed by atoms with van der Waals surface area (Å²) < 4.78 is 11.7. The van der Waals surface area contributed by atoms with Crippen LogP contribution in [0.4, 0.5) is 0 Å². The molecular weight excluding hydrogens is 512 g/mol. The Hall–Kier alpha value is -3.52. The minimum absolute atomic E-state index is 0. The van der Waals surface area contributed by atoms with Crippen LogP contribution in [0.15, 0.2) is 64.6 Å². The minimum Gasteiger partial charge on any atom is -0.493 e. The summed E-state index contributed by atoms with van der Waals surface area (Å²) in [5.41, 5.74) is 2.62. The molecule has 39 heavy (non-hydrogen) atoms. The number of hydrogen-bond donors (Lipinski definition) is 1. The third-order valence-corrected chi connectivity index (χ3v) is 7.69. The second kappa shape index (κ2) is 13.0. The number of rotatable bonds is 9. The van der Waals surface area contributed by atoms with Crippen molar-refractivity contribution in [1.29, 1.82) is 0 Å². The van der Waals surface area contributed by atoms with E-state index >= 15 is 0 Å². The molecule has 2 aromatic carbocycles. The zero-order chi connectivity index (χ0) is 26.5. The molecule has 0 bridgehead atoms. The summed E-state index contributed by atoms with van der Waals surface area (Å²) in [6.45, 7) is 3.87. The Morgan fingerprint density at radius 1 is 1.05 bits per heavy atom. The number of amides is 1. The number of carbonyl (C=O) groups is 2. The minimum atomic E-state index is -1.06. The molecule has 0 spiro atoms. The van der Waals surface area contributed by atoms with Crippen LogP contribution < -0.4 is 4.74 Å². The number of ether oxygens (including phenoxy) is 1. The molecule has 1 aliphatic carbocycles. The van der Waals surface area contributed by atoms with Crippen molar-refractivity contribution >= 4 is 31.4 Å². The van der Waals surface area contributed by atoms with E-state index < -0.39 is 5.97 Å². The molecule has 7 nitrogen and oxygen atoms in total. The second-order valence-corrected chi connectivity index (χ2v) is 10.3. The first kappa shape index (κ1) is 28.5. The first-order chi connectivity index (χ1) is 18.5. The van der Waals surface area contributed by atoms with Crippen molar-refractivity contribution in [1.82, 2.24) is 9.88 Å². The van der Waals surface area contributed by atoms with Crippen molar-refractivity contribution in [2.75, 3.05) is 19.7 Å². The Kier molecular flexibility index (Phi) is 9.51. The lowest BCUT2D eigenvalue weighted by atomic mass is 9.82. The molecule has 1 aliphatic heterocycles. The molecule has 1 amide bonds. The van der Waals surface area contributed by atoms with Crippen LogP contribution in [0.25, 0.3) is 17.5 Å². The largest absolute Gasteiger partial charge is 0.493 e. The van der Waals surface area contributed by atoms with E-state index in [4.69, 9.17) is 9.15 Å². The quantitative estimate of drug-likeness (QED) is 0.335. The highest BCUT2D eigenvalue weighted by Crippen LogP contribution is 2.36. The number of oxazole rings is 1. The van der Waals surface area contributed by atoms with Crippen molar-refractivity contribution in [3.05, 3.63) is 77.2 Å². The zero-order valence-electron chi connectivity index (χ0n) is 22.3. The van der Waals surface area contributed by atoms with Crippen LogP contribution in [-0.2, 0) is 16.0 Å². The average molecular weight is 549 g/mol. The van der Waals surface area contributed by atoms with Gasteiger partial charge in [-0.1, -0.05) is 43.2 Å². The molecule has 8 heteroatoms. The third kappa shape index (κ3) is 7.12. The summed E-state index contributed by atoms with van der Waals surface area (Å²) >= 11 is 0. The molecule has 0 unspecified atom stereocenters. The summed E-state index contributed by atoms with van der Waals surface area (Å²) in [7, 11) is 0. The van der Waals surface area contributed by atoms with Crippen LogP contribution in [0.3, 0.4) is 0 Å². The van der Waals surface area contributed by atoms with Gasteiger partial charge in [-0.2, -0.15) is 13.5 Å². The SMILES string of the molecule is Cc1oc(-c2ccccc2)nc1CCOc1ccc(/C=C(\CC(=O)N2C[C@H]3CCCC[C@H]3C2)C(=O)O)cc1.S. The molecule has 5 rings (SSSR count). The number of benzene rings is 2. The summed E-state index contributed by atoms with van der Waals surface area (Å²) in [4.78, 5) is 31.2. The number of aromatic nitrogens is 1. The standard InChI is InChI=1S/C31H34N2O5.H2S/c1-21-28(32-30(38-21)23-7-3-2-4-8-23)15-16-37-27-13-11-22(12-14-27)17-26(31(35)36)18-29(34)33-19-24-9-5-6-10-25(24)20-33;/h2-4,7-8,11-14,17,24-25H,5-6,9-10,15-16,18-20H2,1H3,(H,35,36);1H2/b26-17+;/t24-,25+;. The number of fused-ring (bicyclic) bond motifs is 1. The molecular formula is C31H36N2O5S. The first-order valence-corrected chi connectivity index (χ1v) is 13.4. The number of hydrogen-bond acceptors (Lipinski definition) is 5. The average Bonchev–Trinajstić information content (AvgIpc) is 3.53. The maximum absolute atomic E-state index is 12.9. The van der Waals surface area contributed by atoms with E-state index in [2.05, 4.69) is 4.98 Å². The van der Waals surface area contributed by atoms with Crippen LogP contribution in [-0.4, -0.2) is 46.6 Å². The Balaban J connectivity index is 0.00000353. The smallest absolute Gasteiger partial charge is 0.332 e. The number of nitrogens with zero attached hydrogens (tertiary/aromatic N) is 2. The second-order valence-electron chi connectivity index (χ2n) is 10.3. The topological polar surface area (TPSA) is 92.9 Å². The number of aryl methyl sites for hydroxylation is 1. The van der Waals surface area contributed by atoms with Gasteiger partial charge in [-0.3, -0.25) is 4.79 Å². The van der Waals surface area contributed by atoms with Gasteiger partial charge in [0.05, 0.1) is 18.7 Å². The van der Waals surface area contributed by atoms with Gasteiger partial charge in [-0.15, -0.1) is 0 Å². The maximum atomic E-state index is 12.9. The fourth-order valence-corrected chi connectivity index (χ4v) is 5.56. The molecule has 1 aromatic heterocycles. The van der Waals surface area contributed by atoms with E-state index in [1.54, 1.807) is 6.08 Å². The van der Waals surface area contributed by atoms with E-state index in [9.17, 15) is 14.7 Å². The van der Waals surface area contributed by atoms with Gasteiger partial charge in [-0.25, -0.2) is 9.78 Å². The highest BCUT2D eigenvalue weighted by molar-refractivity contribution is 7.59. The Labute approximate surface area is 236 Å². The Morgan fingerprint density at radius 2 is 1.72 bits per heavy atom. The van der Waals surface area contributed by atoms with Crippen molar-refractivity contribution in [2.45, 2.75) is 45.4 Å². The summed E-state index contributed by atoms with van der Waals surface area (Å²) in [5, 5.41) is 9.73. The molecule has 2 aliphatic rings. The molecule has 206 valence electrons. The van der Waals surface area contributed by atoms with E-state index in [-0.39, 0.29) is 31.4 Å². The highest BCUT2D eigenvalue weighted by atomic mass is 32.1. The van der Waals surface area contributed by atoms with Gasteiger partial charge >= 0.3 is 5.97 Å². The molecule has 1 saturated heterocycles. The molecule has 2 heterocycles. The van der Waals surface area contributed by atoms with E-state index in [1.807, 2.05) is 66.4 Å². The fourth-order valence-electron chi connectivity index (χ4n) is 5.56. The normalized spacial score (nSPS) is 18.8. The molecule has 2 fully saturated rings. The van der Waals surface area contributed by atoms with Gasteiger partial charge in [0.15, 0.2) is 0 Å². The van der Waals surface area contributed by atoms with E-state index in [0.717, 1.165) is 35.7 Å². The van der Waals surface area contributed by atoms with Crippen molar-refractivity contribution in [3.8, 4) is 17.2 Å². The molecule has 2 atom stereocenters. The number of aliphatic carboxylic acids is 1. The Morgan fingerprint density at radius 3 is 2.36 bits per heavy atom. The first-order valence-electron chi connectivity index (χ1n) is 13.4.